The molecule has 0 aliphatic rings. The number of anilines is 1. The van der Waals surface area contributed by atoms with Crippen LogP contribution in [-0.2, 0) is 0 Å². The predicted octanol–water partition coefficient (Wildman–Crippen LogP) is 0.793. The fourth-order valence-corrected chi connectivity index (χ4v) is 1.17. The second kappa shape index (κ2) is 3.54. The van der Waals surface area contributed by atoms with Crippen molar-refractivity contribution in [1.29, 1.82) is 0 Å². The Balaban J connectivity index is 3.02. The Kier molecular flexibility index (Phi) is 2.67. The van der Waals surface area contributed by atoms with E-state index in [4.69, 9.17) is 5.84 Å². The number of hydrogen-bond acceptors (Lipinski definition) is 5. The van der Waals surface area contributed by atoms with Crippen molar-refractivity contribution in [2.75, 3.05) is 11.7 Å². The van der Waals surface area contributed by atoms with Gasteiger partial charge in [-0.25, -0.2) is 15.8 Å². The lowest BCUT2D eigenvalue weighted by Crippen LogP contribution is -2.11. The summed E-state index contributed by atoms with van der Waals surface area (Å²) < 4.78 is 0. The molecule has 0 radical (unpaired) electrons. The van der Waals surface area contributed by atoms with Crippen molar-refractivity contribution < 1.29 is 0 Å². The SMILES string of the molecule is CSc1cc(C)nc(NN)n1. The molecule has 11 heavy (non-hydrogen) atoms. The first kappa shape index (κ1) is 8.29. The number of hydrazine groups is 1. The van der Waals surface area contributed by atoms with E-state index in [-0.39, 0.29) is 0 Å². The van der Waals surface area contributed by atoms with Gasteiger partial charge in [0.05, 0.1) is 0 Å². The van der Waals surface area contributed by atoms with Crippen molar-refractivity contribution in [1.82, 2.24) is 9.97 Å². The molecule has 1 heterocycles. The number of aromatic nitrogens is 2. The molecule has 0 bridgehead atoms. The maximum Gasteiger partial charge on any atom is 0.238 e. The van der Waals surface area contributed by atoms with Crippen molar-refractivity contribution in [2.24, 2.45) is 5.84 Å². The Bertz CT molecular complexity index is 228. The molecular weight excluding hydrogens is 160 g/mol. The van der Waals surface area contributed by atoms with Gasteiger partial charge >= 0.3 is 0 Å². The predicted molar refractivity (Wildman–Crippen MR) is 46.4 cm³/mol. The summed E-state index contributed by atoms with van der Waals surface area (Å²) in [6.45, 7) is 1.90. The zero-order valence-electron chi connectivity index (χ0n) is 6.46. The topological polar surface area (TPSA) is 63.8 Å². The number of nitrogen functional groups attached to an aromatic ring is 1. The minimum atomic E-state index is 0.467. The molecule has 1 aromatic heterocycles. The van der Waals surface area contributed by atoms with Gasteiger partial charge in [0.25, 0.3) is 0 Å². The number of aryl methyl sites for hydroxylation is 1. The van der Waals surface area contributed by atoms with E-state index in [1.165, 1.54) is 0 Å². The van der Waals surface area contributed by atoms with Crippen LogP contribution in [0.5, 0.6) is 0 Å². The third-order valence-electron chi connectivity index (χ3n) is 1.17. The lowest BCUT2D eigenvalue weighted by Gasteiger charge is -2.01. The third kappa shape index (κ3) is 2.06. The van der Waals surface area contributed by atoms with E-state index in [0.29, 0.717) is 5.95 Å². The summed E-state index contributed by atoms with van der Waals surface area (Å²) >= 11 is 1.57. The first-order valence-electron chi connectivity index (χ1n) is 3.12. The quantitative estimate of drug-likeness (QED) is 0.297. The molecule has 60 valence electrons. The second-order valence-electron chi connectivity index (χ2n) is 2.02. The Morgan fingerprint density at radius 2 is 2.27 bits per heavy atom. The molecule has 1 rings (SSSR count). The van der Waals surface area contributed by atoms with Crippen LogP contribution >= 0.6 is 11.8 Å². The molecule has 3 N–H and O–H groups in total. The van der Waals surface area contributed by atoms with Gasteiger partial charge in [-0.05, 0) is 19.2 Å². The van der Waals surface area contributed by atoms with Gasteiger partial charge in [-0.3, -0.25) is 5.43 Å². The van der Waals surface area contributed by atoms with Crippen LogP contribution in [0.3, 0.4) is 0 Å². The van der Waals surface area contributed by atoms with E-state index in [9.17, 15) is 0 Å². The molecule has 4 nitrogen and oxygen atoms in total. The Morgan fingerprint density at radius 1 is 1.55 bits per heavy atom. The first-order chi connectivity index (χ1) is 5.26. The molecule has 1 aromatic rings. The highest BCUT2D eigenvalue weighted by atomic mass is 32.2. The number of hydrogen-bond donors (Lipinski definition) is 2. The van der Waals surface area contributed by atoms with Crippen LogP contribution in [0.25, 0.3) is 0 Å². The van der Waals surface area contributed by atoms with E-state index in [0.717, 1.165) is 10.7 Å². The van der Waals surface area contributed by atoms with Crippen LogP contribution in [0.4, 0.5) is 5.95 Å². The minimum absolute atomic E-state index is 0.467. The smallest absolute Gasteiger partial charge is 0.238 e. The van der Waals surface area contributed by atoms with Gasteiger partial charge in [0.1, 0.15) is 5.03 Å². The normalized spacial score (nSPS) is 9.73. The van der Waals surface area contributed by atoms with E-state index in [2.05, 4.69) is 15.4 Å². The van der Waals surface area contributed by atoms with Crippen LogP contribution in [0.1, 0.15) is 5.69 Å². The van der Waals surface area contributed by atoms with Crippen molar-refractivity contribution in [2.45, 2.75) is 11.9 Å². The summed E-state index contributed by atoms with van der Waals surface area (Å²) in [6.07, 6.45) is 1.96. The van der Waals surface area contributed by atoms with Crippen molar-refractivity contribution in [3.05, 3.63) is 11.8 Å². The molecule has 0 amide bonds. The third-order valence-corrected chi connectivity index (χ3v) is 1.80. The van der Waals surface area contributed by atoms with Gasteiger partial charge in [0, 0.05) is 5.69 Å². The van der Waals surface area contributed by atoms with Gasteiger partial charge in [0.15, 0.2) is 0 Å². The highest BCUT2D eigenvalue weighted by Crippen LogP contribution is 2.13. The number of nitrogens with one attached hydrogen (secondary N) is 1. The molecule has 0 atom stereocenters. The average Bonchev–Trinajstić information content (AvgIpc) is 2.03. The van der Waals surface area contributed by atoms with Crippen molar-refractivity contribution in [3.63, 3.8) is 0 Å². The summed E-state index contributed by atoms with van der Waals surface area (Å²) in [5, 5.41) is 0.922. The molecule has 0 spiro atoms. The van der Waals surface area contributed by atoms with Crippen LogP contribution in [0.2, 0.25) is 0 Å². The fraction of sp³-hybridized carbons (Fsp3) is 0.333. The largest absolute Gasteiger partial charge is 0.292 e. The number of thioether (sulfide) groups is 1. The van der Waals surface area contributed by atoms with E-state index in [1.807, 2.05) is 19.2 Å². The average molecular weight is 170 g/mol. The molecule has 0 unspecified atom stereocenters. The summed E-state index contributed by atoms with van der Waals surface area (Å²) in [5.41, 5.74) is 3.32. The Morgan fingerprint density at radius 3 is 2.82 bits per heavy atom. The number of nitrogens with two attached hydrogens (primary N) is 1. The monoisotopic (exact) mass is 170 g/mol. The molecule has 0 aliphatic carbocycles. The number of nitrogens with zero attached hydrogens (tertiary/aromatic N) is 2. The second-order valence-corrected chi connectivity index (χ2v) is 2.85. The summed E-state index contributed by atoms with van der Waals surface area (Å²) in [7, 11) is 0. The van der Waals surface area contributed by atoms with E-state index in [1.54, 1.807) is 11.8 Å². The van der Waals surface area contributed by atoms with Gasteiger partial charge in [-0.1, -0.05) is 0 Å². The van der Waals surface area contributed by atoms with Gasteiger partial charge in [-0.2, -0.15) is 0 Å². The van der Waals surface area contributed by atoms with Gasteiger partial charge in [0.2, 0.25) is 5.95 Å². The highest BCUT2D eigenvalue weighted by Gasteiger charge is 1.97. The van der Waals surface area contributed by atoms with Crippen molar-refractivity contribution >= 4 is 17.7 Å². The summed E-state index contributed by atoms with van der Waals surface area (Å²) in [5.74, 6) is 5.63. The van der Waals surface area contributed by atoms with Gasteiger partial charge < -0.3 is 0 Å². The zero-order valence-corrected chi connectivity index (χ0v) is 7.27. The van der Waals surface area contributed by atoms with Gasteiger partial charge in [-0.15, -0.1) is 11.8 Å². The Labute approximate surface area is 69.6 Å². The molecule has 0 saturated carbocycles. The molecule has 0 saturated heterocycles. The molecular formula is C6H10N4S. The zero-order chi connectivity index (χ0) is 8.27. The Hall–Kier alpha value is -0.810. The molecule has 5 heteroatoms. The standard InChI is InChI=1S/C6H10N4S/c1-4-3-5(11-2)9-6(8-4)10-7/h3H,7H2,1-2H3,(H,8,9,10). The molecule has 0 fully saturated rings. The molecule has 0 aromatic carbocycles. The van der Waals surface area contributed by atoms with E-state index >= 15 is 0 Å². The van der Waals surface area contributed by atoms with Crippen LogP contribution in [0, 0.1) is 6.92 Å². The van der Waals surface area contributed by atoms with Crippen molar-refractivity contribution in [3.8, 4) is 0 Å². The summed E-state index contributed by atoms with van der Waals surface area (Å²) in [6, 6.07) is 1.91. The maximum absolute atomic E-state index is 5.16. The van der Waals surface area contributed by atoms with Crippen LogP contribution in [-0.4, -0.2) is 16.2 Å². The maximum atomic E-state index is 5.16. The van der Waals surface area contributed by atoms with Crippen LogP contribution < -0.4 is 11.3 Å². The number of rotatable bonds is 2. The fourth-order valence-electron chi connectivity index (χ4n) is 0.709. The highest BCUT2D eigenvalue weighted by molar-refractivity contribution is 7.98. The van der Waals surface area contributed by atoms with Crippen LogP contribution in [0.15, 0.2) is 11.1 Å². The lowest BCUT2D eigenvalue weighted by atomic mass is 10.5. The lowest BCUT2D eigenvalue weighted by molar-refractivity contribution is 0.996. The van der Waals surface area contributed by atoms with E-state index < -0.39 is 0 Å². The first-order valence-corrected chi connectivity index (χ1v) is 4.35. The molecule has 0 aliphatic heterocycles. The minimum Gasteiger partial charge on any atom is -0.292 e. The summed E-state index contributed by atoms with van der Waals surface area (Å²) in [4.78, 5) is 8.13.